The van der Waals surface area contributed by atoms with E-state index in [2.05, 4.69) is 34.6 Å². The summed E-state index contributed by atoms with van der Waals surface area (Å²) in [5, 5.41) is 6.45. The summed E-state index contributed by atoms with van der Waals surface area (Å²) < 4.78 is 28.2. The minimum atomic E-state index is -2.95. The second kappa shape index (κ2) is 11.8. The predicted molar refractivity (Wildman–Crippen MR) is 112 cm³/mol. The van der Waals surface area contributed by atoms with Crippen molar-refractivity contribution in [1.82, 2.24) is 15.5 Å². The third kappa shape index (κ3) is 11.5. The van der Waals surface area contributed by atoms with Crippen molar-refractivity contribution >= 4 is 15.8 Å². The third-order valence-electron chi connectivity index (χ3n) is 3.93. The van der Waals surface area contributed by atoms with Gasteiger partial charge in [0, 0.05) is 32.4 Å². The number of hydrogen-bond acceptors (Lipinski definition) is 5. The standard InChI is InChI=1S/C19H34N4O3S/c1-16(11-14-27(5,24)25)22-19(20-2)21-15-17-7-9-18(10-8-17)26-13-6-12-23(3)4/h7-10,16H,6,11-15H2,1-5H3,(H2,20,21,22). The average molecular weight is 399 g/mol. The van der Waals surface area contributed by atoms with E-state index in [1.165, 1.54) is 6.26 Å². The predicted octanol–water partition coefficient (Wildman–Crippen LogP) is 1.51. The number of hydrogen-bond donors (Lipinski definition) is 2. The van der Waals surface area contributed by atoms with Crippen LogP contribution in [0, 0.1) is 0 Å². The lowest BCUT2D eigenvalue weighted by molar-refractivity contribution is 0.281. The van der Waals surface area contributed by atoms with E-state index in [1.807, 2.05) is 31.2 Å². The second-order valence-electron chi connectivity index (χ2n) is 7.04. The summed E-state index contributed by atoms with van der Waals surface area (Å²) in [4.78, 5) is 6.33. The molecule has 1 aromatic rings. The molecule has 27 heavy (non-hydrogen) atoms. The summed E-state index contributed by atoms with van der Waals surface area (Å²) in [7, 11) is 2.85. The first-order valence-electron chi connectivity index (χ1n) is 9.21. The number of aliphatic imine (C=N–C) groups is 1. The Morgan fingerprint density at radius 1 is 1.26 bits per heavy atom. The maximum absolute atomic E-state index is 11.3. The van der Waals surface area contributed by atoms with Crippen molar-refractivity contribution in [1.29, 1.82) is 0 Å². The van der Waals surface area contributed by atoms with Gasteiger partial charge in [-0.05, 0) is 51.6 Å². The molecular weight excluding hydrogens is 364 g/mol. The van der Waals surface area contributed by atoms with Crippen LogP contribution in [-0.4, -0.2) is 71.6 Å². The molecule has 1 unspecified atom stereocenters. The second-order valence-corrected chi connectivity index (χ2v) is 9.30. The molecule has 0 saturated heterocycles. The molecule has 0 heterocycles. The molecule has 0 spiro atoms. The van der Waals surface area contributed by atoms with Crippen molar-refractivity contribution in [2.24, 2.45) is 4.99 Å². The lowest BCUT2D eigenvalue weighted by Gasteiger charge is -2.17. The fourth-order valence-electron chi connectivity index (χ4n) is 2.35. The fraction of sp³-hybridized carbons (Fsp3) is 0.632. The van der Waals surface area contributed by atoms with Crippen LogP contribution >= 0.6 is 0 Å². The molecule has 1 aromatic carbocycles. The molecule has 0 saturated carbocycles. The van der Waals surface area contributed by atoms with E-state index in [1.54, 1.807) is 7.05 Å². The van der Waals surface area contributed by atoms with Crippen molar-refractivity contribution in [3.05, 3.63) is 29.8 Å². The minimum absolute atomic E-state index is 0.0175. The van der Waals surface area contributed by atoms with E-state index < -0.39 is 9.84 Å². The molecule has 0 aliphatic heterocycles. The molecule has 0 fully saturated rings. The topological polar surface area (TPSA) is 83.0 Å². The van der Waals surface area contributed by atoms with E-state index in [9.17, 15) is 8.42 Å². The van der Waals surface area contributed by atoms with Gasteiger partial charge in [0.1, 0.15) is 15.6 Å². The molecule has 0 aliphatic carbocycles. The van der Waals surface area contributed by atoms with E-state index in [4.69, 9.17) is 4.74 Å². The highest BCUT2D eigenvalue weighted by molar-refractivity contribution is 7.90. The Labute approximate surface area is 164 Å². The van der Waals surface area contributed by atoms with Gasteiger partial charge in [0.25, 0.3) is 0 Å². The molecule has 154 valence electrons. The summed E-state index contributed by atoms with van der Waals surface area (Å²) in [5.41, 5.74) is 1.11. The highest BCUT2D eigenvalue weighted by Gasteiger charge is 2.09. The Bertz CT molecular complexity index is 673. The molecule has 7 nitrogen and oxygen atoms in total. The largest absolute Gasteiger partial charge is 0.494 e. The summed E-state index contributed by atoms with van der Waals surface area (Å²) in [6.45, 7) is 4.29. The average Bonchev–Trinajstić information content (AvgIpc) is 2.60. The lowest BCUT2D eigenvalue weighted by atomic mass is 10.2. The molecule has 0 aromatic heterocycles. The summed E-state index contributed by atoms with van der Waals surface area (Å²) in [6, 6.07) is 8.00. The zero-order valence-corrected chi connectivity index (χ0v) is 18.0. The van der Waals surface area contributed by atoms with Crippen LogP contribution < -0.4 is 15.4 Å². The highest BCUT2D eigenvalue weighted by atomic mass is 32.2. The van der Waals surface area contributed by atoms with Crippen LogP contribution in [0.5, 0.6) is 5.75 Å². The van der Waals surface area contributed by atoms with Crippen molar-refractivity contribution < 1.29 is 13.2 Å². The molecule has 2 N–H and O–H groups in total. The molecule has 8 heteroatoms. The van der Waals surface area contributed by atoms with Crippen LogP contribution in [0.1, 0.15) is 25.3 Å². The van der Waals surface area contributed by atoms with Crippen molar-refractivity contribution in [3.63, 3.8) is 0 Å². The van der Waals surface area contributed by atoms with Crippen LogP contribution in [0.4, 0.5) is 0 Å². The Morgan fingerprint density at radius 2 is 1.93 bits per heavy atom. The van der Waals surface area contributed by atoms with Crippen LogP contribution in [0.2, 0.25) is 0 Å². The maximum atomic E-state index is 11.3. The van der Waals surface area contributed by atoms with Crippen molar-refractivity contribution in [3.8, 4) is 5.75 Å². The lowest BCUT2D eigenvalue weighted by Crippen LogP contribution is -2.42. The van der Waals surface area contributed by atoms with Gasteiger partial charge in [-0.1, -0.05) is 12.1 Å². The minimum Gasteiger partial charge on any atom is -0.494 e. The van der Waals surface area contributed by atoms with Gasteiger partial charge >= 0.3 is 0 Å². The first kappa shape index (κ1) is 23.2. The van der Waals surface area contributed by atoms with Gasteiger partial charge in [0.15, 0.2) is 5.96 Å². The molecule has 0 amide bonds. The first-order chi connectivity index (χ1) is 12.7. The summed E-state index contributed by atoms with van der Waals surface area (Å²) in [6.07, 6.45) is 2.79. The molecule has 1 atom stereocenters. The monoisotopic (exact) mass is 398 g/mol. The normalized spacial score (nSPS) is 13.5. The van der Waals surface area contributed by atoms with E-state index in [0.717, 1.165) is 24.3 Å². The van der Waals surface area contributed by atoms with E-state index in [-0.39, 0.29) is 11.8 Å². The number of nitrogens with zero attached hydrogens (tertiary/aromatic N) is 2. The number of ether oxygens (including phenoxy) is 1. The molecule has 0 radical (unpaired) electrons. The highest BCUT2D eigenvalue weighted by Crippen LogP contribution is 2.12. The van der Waals surface area contributed by atoms with Gasteiger partial charge in [0.2, 0.25) is 0 Å². The zero-order valence-electron chi connectivity index (χ0n) is 17.2. The van der Waals surface area contributed by atoms with Gasteiger partial charge in [-0.25, -0.2) is 8.42 Å². The third-order valence-corrected chi connectivity index (χ3v) is 4.91. The molecular formula is C19H34N4O3S. The van der Waals surface area contributed by atoms with Gasteiger partial charge in [-0.3, -0.25) is 4.99 Å². The van der Waals surface area contributed by atoms with Gasteiger partial charge < -0.3 is 20.3 Å². The first-order valence-corrected chi connectivity index (χ1v) is 11.3. The van der Waals surface area contributed by atoms with E-state index >= 15 is 0 Å². The van der Waals surface area contributed by atoms with Crippen LogP contribution in [0.25, 0.3) is 0 Å². The number of guanidine groups is 1. The fourth-order valence-corrected chi connectivity index (χ4v) is 3.13. The van der Waals surface area contributed by atoms with Gasteiger partial charge in [0.05, 0.1) is 12.4 Å². The Balaban J connectivity index is 2.38. The molecule has 0 bridgehead atoms. The van der Waals surface area contributed by atoms with Crippen molar-refractivity contribution in [2.45, 2.75) is 32.4 Å². The SMILES string of the molecule is CN=C(NCc1ccc(OCCCN(C)C)cc1)NC(C)CCS(C)(=O)=O. The number of nitrogens with one attached hydrogen (secondary N) is 2. The maximum Gasteiger partial charge on any atom is 0.191 e. The Morgan fingerprint density at radius 3 is 2.48 bits per heavy atom. The summed E-state index contributed by atoms with van der Waals surface area (Å²) >= 11 is 0. The quantitative estimate of drug-likeness (QED) is 0.334. The van der Waals surface area contributed by atoms with Crippen LogP contribution in [-0.2, 0) is 16.4 Å². The van der Waals surface area contributed by atoms with E-state index in [0.29, 0.717) is 25.5 Å². The number of sulfone groups is 1. The summed E-state index contributed by atoms with van der Waals surface area (Å²) in [5.74, 6) is 1.68. The van der Waals surface area contributed by atoms with Gasteiger partial charge in [-0.15, -0.1) is 0 Å². The van der Waals surface area contributed by atoms with Crippen LogP contribution in [0.3, 0.4) is 0 Å². The Hall–Kier alpha value is -1.80. The van der Waals surface area contributed by atoms with Gasteiger partial charge in [-0.2, -0.15) is 0 Å². The number of benzene rings is 1. The Kier molecular flexibility index (Phi) is 10.2. The smallest absolute Gasteiger partial charge is 0.191 e. The van der Waals surface area contributed by atoms with Crippen molar-refractivity contribution in [2.75, 3.05) is 46.3 Å². The molecule has 1 rings (SSSR count). The number of rotatable bonds is 11. The zero-order chi connectivity index (χ0) is 20.3. The van der Waals surface area contributed by atoms with Crippen LogP contribution in [0.15, 0.2) is 29.3 Å². The molecule has 0 aliphatic rings.